The van der Waals surface area contributed by atoms with Crippen LogP contribution in [0.1, 0.15) is 24.3 Å². The van der Waals surface area contributed by atoms with Crippen molar-refractivity contribution in [1.82, 2.24) is 4.57 Å². The molecule has 0 radical (unpaired) electrons. The van der Waals surface area contributed by atoms with E-state index in [0.717, 1.165) is 12.8 Å². The number of allylic oxidation sites excluding steroid dienone is 2. The van der Waals surface area contributed by atoms with E-state index in [-0.39, 0.29) is 6.04 Å². The minimum absolute atomic E-state index is 0.257. The summed E-state index contributed by atoms with van der Waals surface area (Å²) in [6, 6.07) is 49.5. The Kier molecular flexibility index (Phi) is 6.17. The Morgan fingerprint density at radius 1 is 0.521 bits per heavy atom. The molecule has 0 amide bonds. The quantitative estimate of drug-likeness (QED) is 0.192. The van der Waals surface area contributed by atoms with Crippen LogP contribution in [-0.4, -0.2) is 10.6 Å². The number of aromatic nitrogens is 1. The maximum absolute atomic E-state index is 2.56. The highest BCUT2D eigenvalue weighted by molar-refractivity contribution is 5.98. The monoisotopic (exact) mass is 614 g/mol. The summed E-state index contributed by atoms with van der Waals surface area (Å²) in [5.74, 6) is 0.309. The number of hydrogen-bond acceptors (Lipinski definition) is 1. The third-order valence-electron chi connectivity index (χ3n) is 10.5. The van der Waals surface area contributed by atoms with Gasteiger partial charge in [0.1, 0.15) is 0 Å². The molecule has 0 spiro atoms. The van der Waals surface area contributed by atoms with E-state index in [1.54, 1.807) is 0 Å². The van der Waals surface area contributed by atoms with Gasteiger partial charge in [0, 0.05) is 44.3 Å². The number of anilines is 2. The van der Waals surface area contributed by atoms with E-state index >= 15 is 0 Å². The molecule has 1 aromatic heterocycles. The Morgan fingerprint density at radius 3 is 2.17 bits per heavy atom. The third kappa shape index (κ3) is 4.19. The average Bonchev–Trinajstić information content (AvgIpc) is 3.67. The predicted octanol–water partition coefficient (Wildman–Crippen LogP) is 10.2. The molecule has 228 valence electrons. The Balaban J connectivity index is 1.09. The second-order valence-corrected chi connectivity index (χ2v) is 13.2. The molecule has 2 atom stereocenters. The second-order valence-electron chi connectivity index (χ2n) is 13.2. The molecule has 0 saturated heterocycles. The van der Waals surface area contributed by atoms with E-state index in [1.807, 2.05) is 0 Å². The molecular weight excluding hydrogens is 581 g/mol. The topological polar surface area (TPSA) is 8.17 Å². The molecule has 2 heterocycles. The van der Waals surface area contributed by atoms with E-state index in [9.17, 15) is 0 Å². The number of benzene rings is 6. The molecule has 2 heteroatoms. The zero-order valence-electron chi connectivity index (χ0n) is 26.6. The van der Waals surface area contributed by atoms with Crippen LogP contribution in [0, 0.1) is 0 Å². The molecule has 0 bridgehead atoms. The molecule has 1 aliphatic heterocycles. The summed E-state index contributed by atoms with van der Waals surface area (Å²) in [7, 11) is 0. The van der Waals surface area contributed by atoms with Gasteiger partial charge in [-0.05, 0) is 88.5 Å². The molecule has 10 rings (SSSR count). The Hall–Kier alpha value is -5.86. The SMILES string of the molecule is C1=CC2c3cc(-c4ccc5c(c4)c4c(n5-c5ccc(-c6ccccc6)cc5)=CCCC=4)ccc3N(c3cccc4ccccc34)C2C=C1. The lowest BCUT2D eigenvalue weighted by molar-refractivity contribution is 0.746. The smallest absolute Gasteiger partial charge is 0.0629 e. The van der Waals surface area contributed by atoms with Crippen LogP contribution in [0.25, 0.3) is 61.8 Å². The first-order valence-electron chi connectivity index (χ1n) is 17.1. The second kappa shape index (κ2) is 10.9. The van der Waals surface area contributed by atoms with E-state index in [1.165, 1.54) is 77.1 Å². The lowest BCUT2D eigenvalue weighted by Gasteiger charge is -2.29. The van der Waals surface area contributed by atoms with Gasteiger partial charge in [0.05, 0.1) is 11.6 Å². The first-order chi connectivity index (χ1) is 23.8. The predicted molar refractivity (Wildman–Crippen MR) is 202 cm³/mol. The van der Waals surface area contributed by atoms with Crippen molar-refractivity contribution >= 4 is 45.2 Å². The van der Waals surface area contributed by atoms with Crippen LogP contribution >= 0.6 is 0 Å². The maximum Gasteiger partial charge on any atom is 0.0629 e. The van der Waals surface area contributed by atoms with E-state index < -0.39 is 0 Å². The third-order valence-corrected chi connectivity index (χ3v) is 10.5. The summed E-state index contributed by atoms with van der Waals surface area (Å²) in [4.78, 5) is 2.56. The molecular formula is C46H34N2. The summed E-state index contributed by atoms with van der Waals surface area (Å²) in [6.45, 7) is 0. The summed E-state index contributed by atoms with van der Waals surface area (Å²) in [6.07, 6.45) is 16.2. The van der Waals surface area contributed by atoms with Gasteiger partial charge in [-0.25, -0.2) is 0 Å². The Bertz CT molecular complexity index is 2560. The Labute approximate surface area is 280 Å². The van der Waals surface area contributed by atoms with Crippen LogP contribution in [0.15, 0.2) is 158 Å². The van der Waals surface area contributed by atoms with Gasteiger partial charge in [0.25, 0.3) is 0 Å². The summed E-state index contributed by atoms with van der Waals surface area (Å²) in [5, 5.41) is 6.55. The van der Waals surface area contributed by atoms with E-state index in [4.69, 9.17) is 0 Å². The minimum Gasteiger partial charge on any atom is -0.333 e. The van der Waals surface area contributed by atoms with Crippen molar-refractivity contribution in [2.24, 2.45) is 0 Å². The highest BCUT2D eigenvalue weighted by atomic mass is 15.2. The molecule has 7 aromatic rings. The van der Waals surface area contributed by atoms with Gasteiger partial charge in [0.15, 0.2) is 0 Å². The minimum atomic E-state index is 0.257. The van der Waals surface area contributed by atoms with Crippen molar-refractivity contribution in [2.75, 3.05) is 4.90 Å². The fourth-order valence-corrected chi connectivity index (χ4v) is 8.31. The van der Waals surface area contributed by atoms with Crippen molar-refractivity contribution < 1.29 is 0 Å². The van der Waals surface area contributed by atoms with Gasteiger partial charge in [-0.3, -0.25) is 0 Å². The number of fused-ring (bicyclic) bond motifs is 7. The van der Waals surface area contributed by atoms with Crippen LogP contribution in [-0.2, 0) is 0 Å². The summed E-state index contributed by atoms with van der Waals surface area (Å²) < 4.78 is 2.45. The van der Waals surface area contributed by atoms with Gasteiger partial charge in [-0.2, -0.15) is 0 Å². The van der Waals surface area contributed by atoms with Crippen LogP contribution in [0.2, 0.25) is 0 Å². The van der Waals surface area contributed by atoms with Crippen LogP contribution in [0.4, 0.5) is 11.4 Å². The molecule has 6 aromatic carbocycles. The van der Waals surface area contributed by atoms with Crippen molar-refractivity contribution in [3.63, 3.8) is 0 Å². The van der Waals surface area contributed by atoms with E-state index in [0.29, 0.717) is 5.92 Å². The zero-order chi connectivity index (χ0) is 31.6. The average molecular weight is 615 g/mol. The van der Waals surface area contributed by atoms with Crippen LogP contribution in [0.5, 0.6) is 0 Å². The molecule has 0 fully saturated rings. The van der Waals surface area contributed by atoms with Crippen LogP contribution < -0.4 is 15.5 Å². The first-order valence-corrected chi connectivity index (χ1v) is 17.1. The van der Waals surface area contributed by atoms with Gasteiger partial charge in [0.2, 0.25) is 0 Å². The standard InChI is InChI=1S/C46H34N2/c1-2-11-31(12-3-1)32-21-25-36(26-22-32)47-43-18-8-6-16-38(43)40-29-34(23-27-45(40)47)35-24-28-46-41(30-35)39-17-7-9-19-44(39)48(46)42-20-10-14-33-13-4-5-15-37(33)42/h1-5,7,9-30,39,44H,6,8H2. The highest BCUT2D eigenvalue weighted by Gasteiger charge is 2.38. The number of rotatable bonds is 4. The lowest BCUT2D eigenvalue weighted by Crippen LogP contribution is -2.30. The van der Waals surface area contributed by atoms with Crippen molar-refractivity contribution in [1.29, 1.82) is 0 Å². The van der Waals surface area contributed by atoms with Gasteiger partial charge in [-0.15, -0.1) is 0 Å². The fourth-order valence-electron chi connectivity index (χ4n) is 8.31. The molecule has 0 N–H and O–H groups in total. The Morgan fingerprint density at radius 2 is 1.25 bits per heavy atom. The molecule has 2 nitrogen and oxygen atoms in total. The molecule has 0 saturated carbocycles. The van der Waals surface area contributed by atoms with Gasteiger partial charge in [-0.1, -0.05) is 127 Å². The lowest BCUT2D eigenvalue weighted by atomic mass is 9.89. The molecule has 2 unspecified atom stereocenters. The van der Waals surface area contributed by atoms with Crippen LogP contribution in [0.3, 0.4) is 0 Å². The van der Waals surface area contributed by atoms with Gasteiger partial charge < -0.3 is 9.47 Å². The van der Waals surface area contributed by atoms with E-state index in [2.05, 4.69) is 179 Å². The van der Waals surface area contributed by atoms with Crippen molar-refractivity contribution in [2.45, 2.75) is 24.8 Å². The maximum atomic E-state index is 2.56. The number of nitrogens with zero attached hydrogens (tertiary/aromatic N) is 2. The molecule has 2 aliphatic carbocycles. The van der Waals surface area contributed by atoms with Crippen molar-refractivity contribution in [3.8, 4) is 27.9 Å². The molecule has 48 heavy (non-hydrogen) atoms. The van der Waals surface area contributed by atoms with Crippen molar-refractivity contribution in [3.05, 3.63) is 174 Å². The molecule has 3 aliphatic rings. The summed E-state index contributed by atoms with van der Waals surface area (Å²) in [5.41, 5.74) is 11.4. The van der Waals surface area contributed by atoms with Gasteiger partial charge >= 0.3 is 0 Å². The summed E-state index contributed by atoms with van der Waals surface area (Å²) >= 11 is 0. The first kappa shape index (κ1) is 27.3. The normalized spacial score (nSPS) is 17.5. The largest absolute Gasteiger partial charge is 0.333 e. The fraction of sp³-hybridized carbons (Fsp3) is 0.0870. The highest BCUT2D eigenvalue weighted by Crippen LogP contribution is 2.50. The number of hydrogen-bond donors (Lipinski definition) is 0. The zero-order valence-corrected chi connectivity index (χ0v) is 26.6.